The molecule has 3 saturated carbocycles. The molecule has 3 aliphatic carbocycles. The molecule has 1 aromatic rings. The molecule has 7 rings (SSSR count). The van der Waals surface area contributed by atoms with Gasteiger partial charge in [0.1, 0.15) is 29.1 Å². The molecule has 0 radical (unpaired) electrons. The minimum atomic E-state index is -3.94. The van der Waals surface area contributed by atoms with Crippen molar-refractivity contribution in [3.8, 4) is 0 Å². The van der Waals surface area contributed by atoms with E-state index in [-0.39, 0.29) is 38.9 Å². The zero-order chi connectivity index (χ0) is 36.1. The maximum atomic E-state index is 14.4. The van der Waals surface area contributed by atoms with Crippen molar-refractivity contribution in [3.05, 3.63) is 53.0 Å². The smallest absolute Gasteiger partial charge is 0.410 e. The van der Waals surface area contributed by atoms with Gasteiger partial charge in [-0.3, -0.25) is 28.8 Å². The molecule has 1 aromatic carbocycles. The van der Waals surface area contributed by atoms with Gasteiger partial charge in [0.05, 0.1) is 18.3 Å². The van der Waals surface area contributed by atoms with E-state index in [1.54, 1.807) is 18.2 Å². The number of nitrogens with one attached hydrogen (secondary N) is 2. The van der Waals surface area contributed by atoms with Gasteiger partial charge in [-0.2, -0.15) is 0 Å². The van der Waals surface area contributed by atoms with Gasteiger partial charge in [0, 0.05) is 36.8 Å². The lowest BCUT2D eigenvalue weighted by Crippen LogP contribution is -2.57. The third-order valence-corrected chi connectivity index (χ3v) is 12.9. The van der Waals surface area contributed by atoms with Crippen molar-refractivity contribution in [1.82, 2.24) is 19.8 Å². The van der Waals surface area contributed by atoms with Crippen molar-refractivity contribution in [2.24, 2.45) is 11.8 Å². The lowest BCUT2D eigenvalue weighted by atomic mass is 9.91. The van der Waals surface area contributed by atoms with Gasteiger partial charge in [0.15, 0.2) is 5.78 Å². The third-order valence-electron chi connectivity index (χ3n) is 11.1. The van der Waals surface area contributed by atoms with Crippen molar-refractivity contribution in [1.29, 1.82) is 0 Å². The van der Waals surface area contributed by atoms with Crippen LogP contribution in [0.15, 0.2) is 36.1 Å². The SMILES string of the molecule is O=C1N[C@]2(C(=O)NS(=O)(=O)C3CC3)C[C@H]2C=C=CCCCCC[C@H](CC(=O)C2(O)CC2)C(=O)N2C[C@H](OC(=O)N3Cc4cccc(F)c4C3)C[C@@H]12. The van der Waals surface area contributed by atoms with Crippen LogP contribution in [0.3, 0.4) is 0 Å². The van der Waals surface area contributed by atoms with Crippen molar-refractivity contribution in [2.45, 2.75) is 119 Å². The van der Waals surface area contributed by atoms with Gasteiger partial charge in [0.25, 0.3) is 5.91 Å². The van der Waals surface area contributed by atoms with E-state index in [2.05, 4.69) is 15.8 Å². The molecule has 3 heterocycles. The predicted molar refractivity (Wildman–Crippen MR) is 178 cm³/mol. The van der Waals surface area contributed by atoms with Gasteiger partial charge in [-0.05, 0) is 75.1 Å². The van der Waals surface area contributed by atoms with Gasteiger partial charge < -0.3 is 20.1 Å². The molecular weight excluding hydrogens is 683 g/mol. The van der Waals surface area contributed by atoms with E-state index < -0.39 is 85.8 Å². The first kappa shape index (κ1) is 35.3. The molecular formula is C36H43FN4O9S. The Balaban J connectivity index is 1.14. The molecule has 0 bridgehead atoms. The average Bonchev–Trinajstić information content (AvgIpc) is 4.04. The normalized spacial score (nSPS) is 30.2. The molecule has 0 spiro atoms. The van der Waals surface area contributed by atoms with Crippen LogP contribution in [0.4, 0.5) is 9.18 Å². The summed E-state index contributed by atoms with van der Waals surface area (Å²) < 4.78 is 47.9. The number of rotatable bonds is 7. The van der Waals surface area contributed by atoms with Crippen LogP contribution < -0.4 is 10.0 Å². The first-order valence-corrected chi connectivity index (χ1v) is 19.4. The fraction of sp³-hybridized carbons (Fsp3) is 0.611. The Morgan fingerprint density at radius 1 is 1.10 bits per heavy atom. The van der Waals surface area contributed by atoms with Crippen LogP contribution in [-0.2, 0) is 47.0 Å². The summed E-state index contributed by atoms with van der Waals surface area (Å²) in [7, 11) is -3.94. The second-order valence-corrected chi connectivity index (χ2v) is 16.9. The quantitative estimate of drug-likeness (QED) is 0.356. The van der Waals surface area contributed by atoms with E-state index >= 15 is 0 Å². The summed E-state index contributed by atoms with van der Waals surface area (Å²) in [5, 5.41) is 12.6. The van der Waals surface area contributed by atoms with E-state index in [1.807, 2.05) is 6.08 Å². The van der Waals surface area contributed by atoms with Crippen LogP contribution in [0.5, 0.6) is 0 Å². The molecule has 1 saturated heterocycles. The number of benzene rings is 1. The van der Waals surface area contributed by atoms with Gasteiger partial charge in [-0.15, -0.1) is 5.73 Å². The number of Topliss-reactive ketones (excluding diaryl/α,β-unsaturated/α-hetero) is 1. The zero-order valence-corrected chi connectivity index (χ0v) is 29.1. The number of aliphatic hydroxyl groups is 1. The van der Waals surface area contributed by atoms with Crippen LogP contribution in [0.25, 0.3) is 0 Å². The van der Waals surface area contributed by atoms with Crippen LogP contribution in [-0.4, -0.2) is 88.0 Å². The largest absolute Gasteiger partial charge is 0.444 e. The summed E-state index contributed by atoms with van der Waals surface area (Å²) in [5.41, 5.74) is 1.07. The maximum Gasteiger partial charge on any atom is 0.410 e. The molecule has 4 amide bonds. The number of fused-ring (bicyclic) bond motifs is 3. The predicted octanol–water partition coefficient (Wildman–Crippen LogP) is 2.51. The van der Waals surface area contributed by atoms with E-state index in [4.69, 9.17) is 4.74 Å². The minimum Gasteiger partial charge on any atom is -0.444 e. The van der Waals surface area contributed by atoms with Crippen molar-refractivity contribution < 1.29 is 46.6 Å². The maximum absolute atomic E-state index is 14.4. The zero-order valence-electron chi connectivity index (χ0n) is 28.3. The highest BCUT2D eigenvalue weighted by molar-refractivity contribution is 7.91. The molecule has 0 unspecified atom stereocenters. The van der Waals surface area contributed by atoms with Crippen molar-refractivity contribution in [3.63, 3.8) is 0 Å². The van der Waals surface area contributed by atoms with E-state index in [0.717, 1.165) is 12.8 Å². The fourth-order valence-electron chi connectivity index (χ4n) is 7.48. The number of carbonyl (C=O) groups excluding carboxylic acids is 5. The van der Waals surface area contributed by atoms with Gasteiger partial charge in [0.2, 0.25) is 21.8 Å². The standard InChI is InChI=1S/C36H43FN4O9S/c37-28-11-7-9-23-19-40(21-27(23)28)34(46)50-25-17-29-31(43)38-36(33(45)39-51(48,49)26-12-13-26)18-24(36)10-6-4-2-1-3-5-8-22(32(44)41(29)20-25)16-30(42)35(47)14-15-35/h4,7,9-11,22,24-26,29,47H,1-3,5,8,12-21H2,(H,38,43)(H,39,45)/t6?,22-,24-,25-,29+,36-/m1/s1. The van der Waals surface area contributed by atoms with E-state index in [9.17, 15) is 41.9 Å². The molecule has 3 aliphatic heterocycles. The molecule has 0 aromatic heterocycles. The Hall–Kier alpha value is -4.07. The average molecular weight is 727 g/mol. The second kappa shape index (κ2) is 13.5. The summed E-state index contributed by atoms with van der Waals surface area (Å²) in [6, 6.07) is 3.38. The van der Waals surface area contributed by atoms with Crippen LogP contribution in [0, 0.1) is 17.7 Å². The van der Waals surface area contributed by atoms with E-state index in [0.29, 0.717) is 56.1 Å². The Kier molecular flexibility index (Phi) is 9.34. The Morgan fingerprint density at radius 3 is 2.61 bits per heavy atom. The molecule has 13 nitrogen and oxygen atoms in total. The number of nitrogens with zero attached hydrogens (tertiary/aromatic N) is 2. The van der Waals surface area contributed by atoms with Crippen LogP contribution >= 0.6 is 0 Å². The molecule has 6 aliphatic rings. The number of hydrogen-bond donors (Lipinski definition) is 3. The van der Waals surface area contributed by atoms with Gasteiger partial charge in [-0.25, -0.2) is 17.6 Å². The van der Waals surface area contributed by atoms with Crippen molar-refractivity contribution in [2.75, 3.05) is 6.54 Å². The Labute approximate surface area is 295 Å². The highest BCUT2D eigenvalue weighted by Crippen LogP contribution is 2.46. The summed E-state index contributed by atoms with van der Waals surface area (Å²) in [6.45, 7) is -0.0465. The molecule has 4 fully saturated rings. The molecule has 15 heteroatoms. The van der Waals surface area contributed by atoms with Crippen molar-refractivity contribution >= 4 is 39.6 Å². The highest BCUT2D eigenvalue weighted by atomic mass is 32.2. The number of ketones is 1. The molecule has 51 heavy (non-hydrogen) atoms. The molecule has 5 atom stereocenters. The summed E-state index contributed by atoms with van der Waals surface area (Å²) >= 11 is 0. The number of amides is 4. The first-order valence-electron chi connectivity index (χ1n) is 17.9. The number of sulfonamides is 1. The lowest BCUT2D eigenvalue weighted by Gasteiger charge is -2.29. The monoisotopic (exact) mass is 726 g/mol. The number of hydrogen-bond acceptors (Lipinski definition) is 9. The summed E-state index contributed by atoms with van der Waals surface area (Å²) in [4.78, 5) is 71.1. The van der Waals surface area contributed by atoms with Crippen LogP contribution in [0.1, 0.15) is 88.2 Å². The lowest BCUT2D eigenvalue weighted by molar-refractivity contribution is -0.145. The minimum absolute atomic E-state index is 0.00202. The van der Waals surface area contributed by atoms with Crippen LogP contribution in [0.2, 0.25) is 0 Å². The molecule has 274 valence electrons. The summed E-state index contributed by atoms with van der Waals surface area (Å²) in [5.74, 6) is -4.36. The van der Waals surface area contributed by atoms with Gasteiger partial charge in [-0.1, -0.05) is 25.0 Å². The highest BCUT2D eigenvalue weighted by Gasteiger charge is 2.62. The van der Waals surface area contributed by atoms with E-state index in [1.165, 1.54) is 15.9 Å². The molecule has 3 N–H and O–H groups in total. The number of ether oxygens (including phenoxy) is 1. The Bertz CT molecular complexity index is 1820. The number of halogens is 1. The number of carbonyl (C=O) groups is 5. The first-order chi connectivity index (χ1) is 24.3. The third kappa shape index (κ3) is 7.33. The second-order valence-electron chi connectivity index (χ2n) is 15.0. The fourth-order valence-corrected chi connectivity index (χ4v) is 8.84. The topological polar surface area (TPSA) is 179 Å². The van der Waals surface area contributed by atoms with Gasteiger partial charge >= 0.3 is 6.09 Å². The summed E-state index contributed by atoms with van der Waals surface area (Å²) in [6.07, 6.45) is 6.23. The Morgan fingerprint density at radius 2 is 1.88 bits per heavy atom.